The van der Waals surface area contributed by atoms with Crippen molar-refractivity contribution < 1.29 is 4.74 Å². The molecule has 0 saturated heterocycles. The van der Waals surface area contributed by atoms with E-state index in [0.717, 1.165) is 5.56 Å². The zero-order chi connectivity index (χ0) is 8.97. The summed E-state index contributed by atoms with van der Waals surface area (Å²) >= 11 is 0. The molecule has 0 spiro atoms. The van der Waals surface area contributed by atoms with Gasteiger partial charge in [0.15, 0.2) is 0 Å². The van der Waals surface area contributed by atoms with E-state index < -0.39 is 0 Å². The minimum absolute atomic E-state index is 0.404. The zero-order valence-electron chi connectivity index (χ0n) is 7.53. The standard InChI is InChI=1S/C9H12N2O/c1-7(2)4-8-5-10-9(12-3)11-6-8/h4-6H,1-3H3. The highest BCUT2D eigenvalue weighted by molar-refractivity contribution is 5.49. The molecule has 1 aromatic rings. The van der Waals surface area contributed by atoms with Gasteiger partial charge in [-0.05, 0) is 13.8 Å². The molecule has 1 aromatic heterocycles. The summed E-state index contributed by atoms with van der Waals surface area (Å²) in [5.41, 5.74) is 2.22. The molecule has 0 radical (unpaired) electrons. The lowest BCUT2D eigenvalue weighted by Crippen LogP contribution is -1.90. The number of allylic oxidation sites excluding steroid dienone is 1. The molecule has 1 heterocycles. The number of rotatable bonds is 2. The number of ether oxygens (including phenoxy) is 1. The van der Waals surface area contributed by atoms with Gasteiger partial charge in [-0.1, -0.05) is 11.6 Å². The minimum Gasteiger partial charge on any atom is -0.467 e. The summed E-state index contributed by atoms with van der Waals surface area (Å²) in [6.45, 7) is 4.06. The van der Waals surface area contributed by atoms with Gasteiger partial charge >= 0.3 is 6.01 Å². The third-order valence-corrected chi connectivity index (χ3v) is 1.29. The quantitative estimate of drug-likeness (QED) is 0.669. The van der Waals surface area contributed by atoms with E-state index in [0.29, 0.717) is 6.01 Å². The fourth-order valence-corrected chi connectivity index (χ4v) is 0.839. The van der Waals surface area contributed by atoms with Crippen LogP contribution in [0, 0.1) is 0 Å². The van der Waals surface area contributed by atoms with Crippen LogP contribution in [0.1, 0.15) is 19.4 Å². The van der Waals surface area contributed by atoms with Crippen LogP contribution < -0.4 is 4.74 Å². The van der Waals surface area contributed by atoms with E-state index in [1.54, 1.807) is 19.5 Å². The van der Waals surface area contributed by atoms with Crippen molar-refractivity contribution in [1.29, 1.82) is 0 Å². The van der Waals surface area contributed by atoms with Crippen LogP contribution in [-0.2, 0) is 0 Å². The van der Waals surface area contributed by atoms with Crippen molar-refractivity contribution in [2.75, 3.05) is 7.11 Å². The highest BCUT2D eigenvalue weighted by atomic mass is 16.5. The van der Waals surface area contributed by atoms with Crippen molar-refractivity contribution in [1.82, 2.24) is 9.97 Å². The van der Waals surface area contributed by atoms with Crippen LogP contribution in [0.2, 0.25) is 0 Å². The molecule has 12 heavy (non-hydrogen) atoms. The average molecular weight is 164 g/mol. The first-order valence-electron chi connectivity index (χ1n) is 3.73. The second kappa shape index (κ2) is 3.85. The zero-order valence-corrected chi connectivity index (χ0v) is 7.53. The van der Waals surface area contributed by atoms with Gasteiger partial charge in [0.1, 0.15) is 0 Å². The van der Waals surface area contributed by atoms with Gasteiger partial charge in [-0.3, -0.25) is 0 Å². The van der Waals surface area contributed by atoms with Crippen molar-refractivity contribution in [2.24, 2.45) is 0 Å². The molecule has 0 unspecified atom stereocenters. The molecule has 1 rings (SSSR count). The summed E-state index contributed by atoms with van der Waals surface area (Å²) in [7, 11) is 1.55. The molecular formula is C9H12N2O. The first-order chi connectivity index (χ1) is 5.72. The second-order valence-electron chi connectivity index (χ2n) is 2.72. The molecule has 0 saturated carbocycles. The predicted octanol–water partition coefficient (Wildman–Crippen LogP) is 1.91. The van der Waals surface area contributed by atoms with Crippen molar-refractivity contribution in [3.05, 3.63) is 23.5 Å². The number of hydrogen-bond donors (Lipinski definition) is 0. The van der Waals surface area contributed by atoms with E-state index in [-0.39, 0.29) is 0 Å². The van der Waals surface area contributed by atoms with E-state index in [9.17, 15) is 0 Å². The first kappa shape index (κ1) is 8.71. The van der Waals surface area contributed by atoms with E-state index >= 15 is 0 Å². The Morgan fingerprint density at radius 3 is 2.33 bits per heavy atom. The number of hydrogen-bond acceptors (Lipinski definition) is 3. The monoisotopic (exact) mass is 164 g/mol. The lowest BCUT2D eigenvalue weighted by molar-refractivity contribution is 0.379. The van der Waals surface area contributed by atoms with Crippen molar-refractivity contribution in [3.63, 3.8) is 0 Å². The Bertz CT molecular complexity index is 273. The molecule has 0 amide bonds. The molecule has 64 valence electrons. The van der Waals surface area contributed by atoms with Gasteiger partial charge in [-0.2, -0.15) is 0 Å². The molecule has 0 N–H and O–H groups in total. The molecule has 0 atom stereocenters. The average Bonchev–Trinajstić information content (AvgIpc) is 2.05. The number of methoxy groups -OCH3 is 1. The summed E-state index contributed by atoms with van der Waals surface area (Å²) in [6.07, 6.45) is 5.48. The van der Waals surface area contributed by atoms with Gasteiger partial charge in [-0.15, -0.1) is 0 Å². The van der Waals surface area contributed by atoms with Crippen LogP contribution in [0.3, 0.4) is 0 Å². The first-order valence-corrected chi connectivity index (χ1v) is 3.73. The Hall–Kier alpha value is -1.38. The van der Waals surface area contributed by atoms with Gasteiger partial charge in [0, 0.05) is 18.0 Å². The molecule has 0 aromatic carbocycles. The Kier molecular flexibility index (Phi) is 2.80. The van der Waals surface area contributed by atoms with Crippen LogP contribution in [0.15, 0.2) is 18.0 Å². The normalized spacial score (nSPS) is 9.25. The van der Waals surface area contributed by atoms with E-state index in [1.165, 1.54) is 5.57 Å². The summed E-state index contributed by atoms with van der Waals surface area (Å²) in [5, 5.41) is 0. The predicted molar refractivity (Wildman–Crippen MR) is 47.9 cm³/mol. The minimum atomic E-state index is 0.404. The Labute approximate surface area is 72.1 Å². The maximum absolute atomic E-state index is 4.83. The highest BCUT2D eigenvalue weighted by Gasteiger charge is 1.92. The molecule has 0 aliphatic carbocycles. The molecule has 3 heteroatoms. The number of nitrogens with zero attached hydrogens (tertiary/aromatic N) is 2. The van der Waals surface area contributed by atoms with Gasteiger partial charge < -0.3 is 4.74 Å². The highest BCUT2D eigenvalue weighted by Crippen LogP contribution is 2.05. The maximum atomic E-state index is 4.83. The van der Waals surface area contributed by atoms with Crippen LogP contribution in [0.5, 0.6) is 6.01 Å². The number of aromatic nitrogens is 2. The SMILES string of the molecule is COc1ncc(C=C(C)C)cn1. The Morgan fingerprint density at radius 1 is 1.33 bits per heavy atom. The Balaban J connectivity index is 2.85. The van der Waals surface area contributed by atoms with Gasteiger partial charge in [0.05, 0.1) is 7.11 Å². The fraction of sp³-hybridized carbons (Fsp3) is 0.333. The second-order valence-corrected chi connectivity index (χ2v) is 2.72. The van der Waals surface area contributed by atoms with Gasteiger partial charge in [0.25, 0.3) is 0 Å². The van der Waals surface area contributed by atoms with Gasteiger partial charge in [0.2, 0.25) is 0 Å². The maximum Gasteiger partial charge on any atom is 0.316 e. The third kappa shape index (κ3) is 2.34. The van der Waals surface area contributed by atoms with Crippen molar-refractivity contribution >= 4 is 6.08 Å². The molecule has 0 aliphatic heterocycles. The summed E-state index contributed by atoms with van der Waals surface area (Å²) in [4.78, 5) is 7.94. The molecule has 0 aliphatic rings. The largest absolute Gasteiger partial charge is 0.467 e. The topological polar surface area (TPSA) is 35.0 Å². The van der Waals surface area contributed by atoms with Crippen LogP contribution in [-0.4, -0.2) is 17.1 Å². The van der Waals surface area contributed by atoms with E-state index in [2.05, 4.69) is 9.97 Å². The van der Waals surface area contributed by atoms with E-state index in [4.69, 9.17) is 4.74 Å². The van der Waals surface area contributed by atoms with Crippen LogP contribution >= 0.6 is 0 Å². The van der Waals surface area contributed by atoms with Crippen LogP contribution in [0.25, 0.3) is 6.08 Å². The molecule has 3 nitrogen and oxygen atoms in total. The summed E-state index contributed by atoms with van der Waals surface area (Å²) in [6, 6.07) is 0.404. The molecular weight excluding hydrogens is 152 g/mol. The third-order valence-electron chi connectivity index (χ3n) is 1.29. The fourth-order valence-electron chi connectivity index (χ4n) is 0.839. The lowest BCUT2D eigenvalue weighted by Gasteiger charge is -1.96. The molecule has 0 bridgehead atoms. The van der Waals surface area contributed by atoms with Gasteiger partial charge in [-0.25, -0.2) is 9.97 Å². The molecule has 0 fully saturated rings. The Morgan fingerprint density at radius 2 is 1.92 bits per heavy atom. The summed E-state index contributed by atoms with van der Waals surface area (Å²) in [5.74, 6) is 0. The van der Waals surface area contributed by atoms with Crippen LogP contribution in [0.4, 0.5) is 0 Å². The smallest absolute Gasteiger partial charge is 0.316 e. The summed E-state index contributed by atoms with van der Waals surface area (Å²) < 4.78 is 4.83. The lowest BCUT2D eigenvalue weighted by atomic mass is 10.2. The van der Waals surface area contributed by atoms with E-state index in [1.807, 2.05) is 19.9 Å². The van der Waals surface area contributed by atoms with Crippen molar-refractivity contribution in [3.8, 4) is 6.01 Å². The van der Waals surface area contributed by atoms with Crippen molar-refractivity contribution in [2.45, 2.75) is 13.8 Å².